The minimum atomic E-state index is -0.190. The lowest BCUT2D eigenvalue weighted by Crippen LogP contribution is -2.37. The van der Waals surface area contributed by atoms with Crippen molar-refractivity contribution in [2.24, 2.45) is 4.99 Å². The fourth-order valence-corrected chi connectivity index (χ4v) is 4.17. The summed E-state index contributed by atoms with van der Waals surface area (Å²) < 4.78 is 19.0. The Balaban J connectivity index is 1.61. The van der Waals surface area contributed by atoms with E-state index in [-0.39, 0.29) is 5.82 Å². The Morgan fingerprint density at radius 2 is 1.90 bits per heavy atom. The highest BCUT2D eigenvalue weighted by molar-refractivity contribution is 7.97. The Kier molecular flexibility index (Phi) is 9.65. The van der Waals surface area contributed by atoms with E-state index in [0.717, 1.165) is 62.2 Å². The zero-order valence-corrected chi connectivity index (χ0v) is 19.3. The molecule has 0 radical (unpaired) electrons. The third-order valence-electron chi connectivity index (χ3n) is 5.18. The molecule has 0 amide bonds. The fraction of sp³-hybridized carbons (Fsp3) is 0.458. The molecule has 2 N–H and O–H groups in total. The molecule has 0 bridgehead atoms. The molecule has 0 aromatic heterocycles. The van der Waals surface area contributed by atoms with Crippen LogP contribution in [0.25, 0.3) is 0 Å². The zero-order chi connectivity index (χ0) is 21.9. The molecular weight excluding hydrogens is 411 g/mol. The molecule has 1 saturated heterocycles. The number of thioether (sulfide) groups is 1. The normalized spacial score (nSPS) is 15.1. The number of morpholine rings is 1. The van der Waals surface area contributed by atoms with Crippen LogP contribution in [-0.2, 0) is 30.1 Å². The lowest BCUT2D eigenvalue weighted by molar-refractivity contribution is 0.0342. The van der Waals surface area contributed by atoms with Gasteiger partial charge in [-0.3, -0.25) is 4.90 Å². The maximum absolute atomic E-state index is 13.6. The van der Waals surface area contributed by atoms with E-state index in [9.17, 15) is 4.39 Å². The van der Waals surface area contributed by atoms with Crippen molar-refractivity contribution < 1.29 is 9.13 Å². The van der Waals surface area contributed by atoms with E-state index in [2.05, 4.69) is 46.7 Å². The van der Waals surface area contributed by atoms with Crippen molar-refractivity contribution in [2.45, 2.75) is 32.3 Å². The molecule has 168 valence electrons. The molecule has 0 unspecified atom stereocenters. The first-order valence-corrected chi connectivity index (χ1v) is 12.2. The summed E-state index contributed by atoms with van der Waals surface area (Å²) in [6.07, 6.45) is 2.03. The van der Waals surface area contributed by atoms with Gasteiger partial charge >= 0.3 is 0 Å². The van der Waals surface area contributed by atoms with Crippen LogP contribution in [0.3, 0.4) is 0 Å². The first kappa shape index (κ1) is 23.6. The Labute approximate surface area is 189 Å². The van der Waals surface area contributed by atoms with Gasteiger partial charge in [-0.05, 0) is 47.6 Å². The van der Waals surface area contributed by atoms with Crippen LogP contribution < -0.4 is 10.6 Å². The minimum Gasteiger partial charge on any atom is -0.379 e. The number of ether oxygens (including phenoxy) is 1. The smallest absolute Gasteiger partial charge is 0.191 e. The predicted molar refractivity (Wildman–Crippen MR) is 128 cm³/mol. The van der Waals surface area contributed by atoms with Gasteiger partial charge in [-0.25, -0.2) is 9.38 Å². The Morgan fingerprint density at radius 1 is 1.10 bits per heavy atom. The van der Waals surface area contributed by atoms with Crippen molar-refractivity contribution in [3.8, 4) is 0 Å². The van der Waals surface area contributed by atoms with Crippen molar-refractivity contribution in [3.63, 3.8) is 0 Å². The third kappa shape index (κ3) is 7.83. The minimum absolute atomic E-state index is 0.190. The second-order valence-electron chi connectivity index (χ2n) is 7.60. The van der Waals surface area contributed by atoms with Gasteiger partial charge in [0.2, 0.25) is 0 Å². The van der Waals surface area contributed by atoms with Gasteiger partial charge in [0.25, 0.3) is 0 Å². The summed E-state index contributed by atoms with van der Waals surface area (Å²) in [6.45, 7) is 8.59. The van der Waals surface area contributed by atoms with Crippen molar-refractivity contribution >= 4 is 17.7 Å². The van der Waals surface area contributed by atoms with Gasteiger partial charge in [-0.2, -0.15) is 11.8 Å². The number of nitrogens with one attached hydrogen (secondary N) is 2. The van der Waals surface area contributed by atoms with Crippen LogP contribution in [0.2, 0.25) is 0 Å². The van der Waals surface area contributed by atoms with Crippen molar-refractivity contribution in [2.75, 3.05) is 39.1 Å². The first-order valence-electron chi connectivity index (χ1n) is 10.8. The molecule has 1 aliphatic rings. The van der Waals surface area contributed by atoms with Crippen molar-refractivity contribution in [3.05, 3.63) is 70.5 Å². The summed E-state index contributed by atoms with van der Waals surface area (Å²) in [7, 11) is 0. The number of benzene rings is 2. The van der Waals surface area contributed by atoms with E-state index in [1.807, 2.05) is 12.3 Å². The molecule has 2 aromatic carbocycles. The highest BCUT2D eigenvalue weighted by Gasteiger charge is 2.11. The average Bonchev–Trinajstić information content (AvgIpc) is 2.78. The quantitative estimate of drug-likeness (QED) is 0.455. The summed E-state index contributed by atoms with van der Waals surface area (Å²) in [6, 6.07) is 13.6. The van der Waals surface area contributed by atoms with Gasteiger partial charge in [-0.1, -0.05) is 30.3 Å². The van der Waals surface area contributed by atoms with Gasteiger partial charge < -0.3 is 15.4 Å². The highest BCUT2D eigenvalue weighted by Crippen LogP contribution is 2.17. The lowest BCUT2D eigenvalue weighted by Gasteiger charge is -2.26. The predicted octanol–water partition coefficient (Wildman–Crippen LogP) is 3.78. The summed E-state index contributed by atoms with van der Waals surface area (Å²) in [4.78, 5) is 7.18. The monoisotopic (exact) mass is 444 g/mol. The number of guanidine groups is 1. The molecule has 0 aliphatic carbocycles. The van der Waals surface area contributed by atoms with Gasteiger partial charge in [0.15, 0.2) is 5.96 Å². The number of nitrogens with zero attached hydrogens (tertiary/aromatic N) is 2. The number of hydrogen-bond acceptors (Lipinski definition) is 4. The SMILES string of the molecule is CCNC(=NCc1cccc(CN2CCOCC2)c1)NCc1ccc(F)cc1CSC. The lowest BCUT2D eigenvalue weighted by atomic mass is 10.1. The molecule has 31 heavy (non-hydrogen) atoms. The van der Waals surface area contributed by atoms with E-state index >= 15 is 0 Å². The summed E-state index contributed by atoms with van der Waals surface area (Å²) in [5.41, 5.74) is 4.61. The summed E-state index contributed by atoms with van der Waals surface area (Å²) in [5, 5.41) is 6.69. The van der Waals surface area contributed by atoms with E-state index < -0.39 is 0 Å². The second kappa shape index (κ2) is 12.7. The van der Waals surface area contributed by atoms with E-state index in [4.69, 9.17) is 9.73 Å². The van der Waals surface area contributed by atoms with Crippen LogP contribution >= 0.6 is 11.8 Å². The van der Waals surface area contributed by atoms with Gasteiger partial charge in [0, 0.05) is 38.5 Å². The average molecular weight is 445 g/mol. The van der Waals surface area contributed by atoms with E-state index in [0.29, 0.717) is 13.1 Å². The maximum Gasteiger partial charge on any atom is 0.191 e. The number of rotatable bonds is 9. The third-order valence-corrected chi connectivity index (χ3v) is 5.78. The van der Waals surface area contributed by atoms with Crippen LogP contribution in [0.4, 0.5) is 4.39 Å². The van der Waals surface area contributed by atoms with Gasteiger partial charge in [0.05, 0.1) is 19.8 Å². The van der Waals surface area contributed by atoms with Crippen LogP contribution in [-0.4, -0.2) is 50.0 Å². The van der Waals surface area contributed by atoms with E-state index in [1.165, 1.54) is 17.2 Å². The molecule has 5 nitrogen and oxygen atoms in total. The van der Waals surface area contributed by atoms with Crippen LogP contribution in [0.15, 0.2) is 47.5 Å². The molecule has 1 fully saturated rings. The maximum atomic E-state index is 13.6. The molecule has 3 rings (SSSR count). The standard InChI is InChI=1S/C24H33FN4OS/c1-3-26-24(28-16-21-7-8-23(25)14-22(21)18-31-2)27-15-19-5-4-6-20(13-19)17-29-9-11-30-12-10-29/h4-8,13-14H,3,9-12,15-18H2,1-2H3,(H2,26,27,28). The Morgan fingerprint density at radius 3 is 2.68 bits per heavy atom. The Hall–Kier alpha value is -2.09. The molecule has 7 heteroatoms. The van der Waals surface area contributed by atoms with Crippen LogP contribution in [0, 0.1) is 5.82 Å². The second-order valence-corrected chi connectivity index (χ2v) is 8.47. The molecule has 0 atom stereocenters. The first-order chi connectivity index (χ1) is 15.2. The molecule has 0 spiro atoms. The Bertz CT molecular complexity index is 855. The zero-order valence-electron chi connectivity index (χ0n) is 18.5. The molecule has 1 aliphatic heterocycles. The largest absolute Gasteiger partial charge is 0.379 e. The summed E-state index contributed by atoms with van der Waals surface area (Å²) >= 11 is 1.69. The number of hydrogen-bond donors (Lipinski definition) is 2. The number of aliphatic imine (C=N–C) groups is 1. The molecule has 1 heterocycles. The topological polar surface area (TPSA) is 48.9 Å². The van der Waals surface area contributed by atoms with Gasteiger partial charge in [0.1, 0.15) is 5.82 Å². The molecular formula is C24H33FN4OS. The van der Waals surface area contributed by atoms with Crippen LogP contribution in [0.5, 0.6) is 0 Å². The molecule has 2 aromatic rings. The van der Waals surface area contributed by atoms with Crippen molar-refractivity contribution in [1.82, 2.24) is 15.5 Å². The van der Waals surface area contributed by atoms with E-state index in [1.54, 1.807) is 17.8 Å². The fourth-order valence-electron chi connectivity index (χ4n) is 3.59. The van der Waals surface area contributed by atoms with Crippen LogP contribution in [0.1, 0.15) is 29.2 Å². The summed E-state index contributed by atoms with van der Waals surface area (Å²) in [5.74, 6) is 1.36. The number of halogens is 1. The van der Waals surface area contributed by atoms with Gasteiger partial charge in [-0.15, -0.1) is 0 Å². The molecule has 0 saturated carbocycles. The van der Waals surface area contributed by atoms with Crippen molar-refractivity contribution in [1.29, 1.82) is 0 Å². The highest BCUT2D eigenvalue weighted by atomic mass is 32.2.